The number of phosphoric acid groups is 1. The molecule has 0 spiro atoms. The molecule has 0 aliphatic rings. The van der Waals surface area contributed by atoms with E-state index >= 15 is 0 Å². The molecule has 0 bridgehead atoms. The molecule has 14 heteroatoms. The Morgan fingerprint density at radius 3 is 2.32 bits per heavy atom. The number of nitrogens with zero attached hydrogens (tertiary/aromatic N) is 2. The van der Waals surface area contributed by atoms with Gasteiger partial charge in [0.25, 0.3) is 0 Å². The van der Waals surface area contributed by atoms with Crippen molar-refractivity contribution in [2.45, 2.75) is 44.7 Å². The van der Waals surface area contributed by atoms with Gasteiger partial charge >= 0.3 is 13.8 Å². The van der Waals surface area contributed by atoms with Crippen LogP contribution in [0.2, 0.25) is 0 Å². The first-order valence-electron chi connectivity index (χ1n) is 11.5. The van der Waals surface area contributed by atoms with Crippen LogP contribution in [-0.4, -0.2) is 48.9 Å². The van der Waals surface area contributed by atoms with Crippen LogP contribution in [0.25, 0.3) is 0 Å². The Morgan fingerprint density at radius 1 is 1.03 bits per heavy atom. The molecule has 38 heavy (non-hydrogen) atoms. The summed E-state index contributed by atoms with van der Waals surface area (Å²) in [5.74, 6) is -1.85. The molecule has 0 aliphatic carbocycles. The molecule has 0 fully saturated rings. The predicted octanol–water partition coefficient (Wildman–Crippen LogP) is 1.90. The molecule has 13 nitrogen and oxygen atoms in total. The highest BCUT2D eigenvalue weighted by molar-refractivity contribution is 7.46. The van der Waals surface area contributed by atoms with Crippen LogP contribution in [-0.2, 0) is 31.8 Å². The third-order valence-corrected chi connectivity index (χ3v) is 5.68. The smallest absolute Gasteiger partial charge is 0.481 e. The SMILES string of the molecule is CC(=O)N[C@@H](Cc1ccc(OP(=O)(O)O)cc1)C(=O)N[C@@H](CCC(=O)O)c1nc(Cc2ccccc2)no1. The number of benzene rings is 2. The summed E-state index contributed by atoms with van der Waals surface area (Å²) in [7, 11) is -4.73. The third kappa shape index (κ3) is 9.43. The van der Waals surface area contributed by atoms with E-state index in [1.165, 1.54) is 31.2 Å². The highest BCUT2D eigenvalue weighted by Crippen LogP contribution is 2.37. The fourth-order valence-electron chi connectivity index (χ4n) is 3.57. The lowest BCUT2D eigenvalue weighted by Gasteiger charge is -2.21. The number of carbonyl (C=O) groups is 3. The van der Waals surface area contributed by atoms with Gasteiger partial charge in [0, 0.05) is 26.2 Å². The first-order chi connectivity index (χ1) is 18.0. The van der Waals surface area contributed by atoms with Crippen LogP contribution in [0.5, 0.6) is 5.75 Å². The maximum Gasteiger partial charge on any atom is 0.524 e. The minimum Gasteiger partial charge on any atom is -0.481 e. The quantitative estimate of drug-likeness (QED) is 0.196. The van der Waals surface area contributed by atoms with E-state index < -0.39 is 37.7 Å². The van der Waals surface area contributed by atoms with Crippen molar-refractivity contribution in [1.29, 1.82) is 0 Å². The minimum absolute atomic E-state index is 0.0242. The molecule has 3 aromatic rings. The topological polar surface area (TPSA) is 201 Å². The van der Waals surface area contributed by atoms with Gasteiger partial charge in [0.1, 0.15) is 17.8 Å². The Bertz CT molecular complexity index is 1290. The molecule has 0 saturated carbocycles. The maximum absolute atomic E-state index is 13.2. The number of nitrogens with one attached hydrogen (secondary N) is 2. The van der Waals surface area contributed by atoms with E-state index in [1.807, 2.05) is 30.3 Å². The Hall–Kier alpha value is -4.06. The first kappa shape index (κ1) is 28.5. The van der Waals surface area contributed by atoms with Gasteiger partial charge in [-0.2, -0.15) is 4.98 Å². The Balaban J connectivity index is 1.75. The molecule has 2 atom stereocenters. The van der Waals surface area contributed by atoms with E-state index in [4.69, 9.17) is 19.4 Å². The summed E-state index contributed by atoms with van der Waals surface area (Å²) >= 11 is 0. The van der Waals surface area contributed by atoms with Crippen LogP contribution in [0.3, 0.4) is 0 Å². The molecule has 1 heterocycles. The summed E-state index contributed by atoms with van der Waals surface area (Å²) in [5.41, 5.74) is 1.50. The van der Waals surface area contributed by atoms with Gasteiger partial charge in [-0.3, -0.25) is 24.2 Å². The molecule has 0 aliphatic heterocycles. The van der Waals surface area contributed by atoms with Crippen molar-refractivity contribution >= 4 is 25.6 Å². The van der Waals surface area contributed by atoms with Crippen LogP contribution in [0.4, 0.5) is 0 Å². The lowest BCUT2D eigenvalue weighted by molar-refractivity contribution is -0.137. The number of phosphoric ester groups is 1. The number of aromatic nitrogens is 2. The van der Waals surface area contributed by atoms with Crippen molar-refractivity contribution in [1.82, 2.24) is 20.8 Å². The maximum atomic E-state index is 13.2. The number of carboxylic acids is 1. The average molecular weight is 546 g/mol. The number of aliphatic carboxylic acids is 1. The molecule has 0 unspecified atom stereocenters. The summed E-state index contributed by atoms with van der Waals surface area (Å²) < 4.78 is 20.8. The zero-order valence-corrected chi connectivity index (χ0v) is 21.2. The van der Waals surface area contributed by atoms with Crippen molar-refractivity contribution in [3.63, 3.8) is 0 Å². The fraction of sp³-hybridized carbons (Fsp3) is 0.292. The fourth-order valence-corrected chi connectivity index (χ4v) is 3.97. The zero-order chi connectivity index (χ0) is 27.7. The minimum atomic E-state index is -4.73. The monoisotopic (exact) mass is 546 g/mol. The van der Waals surface area contributed by atoms with Crippen LogP contribution in [0.1, 0.15) is 48.6 Å². The van der Waals surface area contributed by atoms with Gasteiger partial charge in [-0.25, -0.2) is 4.57 Å². The second-order valence-corrected chi connectivity index (χ2v) is 9.55. The number of amides is 2. The lowest BCUT2D eigenvalue weighted by Crippen LogP contribution is -2.48. The summed E-state index contributed by atoms with van der Waals surface area (Å²) in [6.07, 6.45) is 0.0823. The van der Waals surface area contributed by atoms with Crippen LogP contribution in [0.15, 0.2) is 59.1 Å². The largest absolute Gasteiger partial charge is 0.524 e. The molecular formula is C24H27N4O9P. The van der Waals surface area contributed by atoms with Gasteiger partial charge in [-0.1, -0.05) is 47.6 Å². The molecule has 3 rings (SSSR count). The van der Waals surface area contributed by atoms with Gasteiger partial charge in [-0.15, -0.1) is 0 Å². The van der Waals surface area contributed by atoms with Gasteiger partial charge in [0.2, 0.25) is 17.7 Å². The summed E-state index contributed by atoms with van der Waals surface area (Å²) in [5, 5.41) is 18.3. The highest BCUT2D eigenvalue weighted by Gasteiger charge is 2.27. The van der Waals surface area contributed by atoms with E-state index in [-0.39, 0.29) is 30.9 Å². The van der Waals surface area contributed by atoms with E-state index in [2.05, 4.69) is 25.3 Å². The number of carbonyl (C=O) groups excluding carboxylic acids is 2. The number of rotatable bonds is 13. The van der Waals surface area contributed by atoms with Crippen molar-refractivity contribution in [3.05, 3.63) is 77.4 Å². The van der Waals surface area contributed by atoms with Gasteiger partial charge in [0.05, 0.1) is 0 Å². The summed E-state index contributed by atoms with van der Waals surface area (Å²) in [6, 6.07) is 13.0. The van der Waals surface area contributed by atoms with E-state index in [0.717, 1.165) is 5.56 Å². The third-order valence-electron chi connectivity index (χ3n) is 5.23. The number of hydrogen-bond donors (Lipinski definition) is 5. The van der Waals surface area contributed by atoms with E-state index in [0.29, 0.717) is 17.8 Å². The molecule has 5 N–H and O–H groups in total. The lowest BCUT2D eigenvalue weighted by atomic mass is 10.0. The van der Waals surface area contributed by atoms with Crippen molar-refractivity contribution in [3.8, 4) is 5.75 Å². The van der Waals surface area contributed by atoms with Crippen molar-refractivity contribution < 1.29 is 42.9 Å². The number of hydrogen-bond acceptors (Lipinski definition) is 8. The van der Waals surface area contributed by atoms with Crippen LogP contribution in [0, 0.1) is 0 Å². The normalized spacial score (nSPS) is 12.8. The van der Waals surface area contributed by atoms with E-state index in [1.54, 1.807) is 0 Å². The number of carboxylic acid groups (broad SMARTS) is 1. The first-order valence-corrected chi connectivity index (χ1v) is 13.0. The van der Waals surface area contributed by atoms with Crippen molar-refractivity contribution in [2.24, 2.45) is 0 Å². The Kier molecular flexibility index (Phi) is 9.72. The summed E-state index contributed by atoms with van der Waals surface area (Å²) in [6.45, 7) is 1.24. The molecule has 0 saturated heterocycles. The Labute approximate surface area is 217 Å². The van der Waals surface area contributed by atoms with E-state index in [9.17, 15) is 18.9 Å². The predicted molar refractivity (Wildman–Crippen MR) is 132 cm³/mol. The highest BCUT2D eigenvalue weighted by atomic mass is 31.2. The standard InChI is InChI=1S/C24H27N4O9P/c1-15(29)25-20(13-17-7-9-18(10-8-17)37-38(33,34)35)23(32)26-19(11-12-22(30)31)24-27-21(28-36-24)14-16-5-3-2-4-6-16/h2-10,19-20H,11-14H2,1H3,(H,25,29)(H,26,32)(H,30,31)(H2,33,34,35)/t19-,20-/m0/s1. The second kappa shape index (κ2) is 13.0. The average Bonchev–Trinajstić information content (AvgIpc) is 3.30. The Morgan fingerprint density at radius 2 is 1.71 bits per heavy atom. The van der Waals surface area contributed by atoms with Gasteiger partial charge < -0.3 is 24.8 Å². The van der Waals surface area contributed by atoms with Crippen LogP contribution >= 0.6 is 7.82 Å². The van der Waals surface area contributed by atoms with Crippen molar-refractivity contribution in [2.75, 3.05) is 0 Å². The summed E-state index contributed by atoms with van der Waals surface area (Å²) in [4.78, 5) is 58.3. The molecule has 0 radical (unpaired) electrons. The molecule has 1 aromatic heterocycles. The molecule has 2 aromatic carbocycles. The van der Waals surface area contributed by atoms with Crippen LogP contribution < -0.4 is 15.2 Å². The molecular weight excluding hydrogens is 519 g/mol. The zero-order valence-electron chi connectivity index (χ0n) is 20.3. The molecule has 2 amide bonds. The second-order valence-electron chi connectivity index (χ2n) is 8.39. The van der Waals surface area contributed by atoms with Gasteiger partial charge in [0.15, 0.2) is 5.82 Å². The van der Waals surface area contributed by atoms with Gasteiger partial charge in [-0.05, 0) is 29.7 Å². The molecule has 202 valence electrons.